The molecule has 1 aliphatic carbocycles. The first kappa shape index (κ1) is 25.9. The lowest BCUT2D eigenvalue weighted by molar-refractivity contribution is -0.118. The number of rotatable bonds is 11. The second-order valence-corrected chi connectivity index (χ2v) is 9.12. The highest BCUT2D eigenvalue weighted by atomic mass is 127. The van der Waals surface area contributed by atoms with Crippen molar-refractivity contribution < 1.29 is 29.6 Å². The molecule has 0 bridgehead atoms. The molecule has 0 saturated heterocycles. The number of halogens is 1. The molecule has 0 spiro atoms. The third kappa shape index (κ3) is 7.31. The van der Waals surface area contributed by atoms with E-state index in [1.807, 2.05) is 0 Å². The van der Waals surface area contributed by atoms with E-state index in [0.29, 0.717) is 41.5 Å². The Kier molecular flexibility index (Phi) is 10.5. The monoisotopic (exact) mass is 548 g/mol. The fourth-order valence-electron chi connectivity index (χ4n) is 3.37. The van der Waals surface area contributed by atoms with Crippen LogP contribution in [-0.2, 0) is 11.4 Å². The number of nitrogens with one attached hydrogen (secondary N) is 2. The quantitative estimate of drug-likeness (QED) is 0.265. The van der Waals surface area contributed by atoms with Crippen LogP contribution in [0.1, 0.15) is 32.3 Å². The standard InChI is InChI=1S/C22H33IN2O6/c1-13(2)4-5-24-17-10-15(22(29)25-6-7-26)11-18(20(17)28)31-21-16(23)8-14(12-27)9-19(21)30-3/h8-9,11,13,17-18,20,24,26-28H,4-7,10,12H2,1-3H3,(H,25,29). The Balaban J connectivity index is 2.30. The van der Waals surface area contributed by atoms with Gasteiger partial charge in [-0.05, 0) is 71.7 Å². The van der Waals surface area contributed by atoms with Gasteiger partial charge in [0, 0.05) is 18.2 Å². The number of carbonyl (C=O) groups excluding carboxylic acids is 1. The van der Waals surface area contributed by atoms with Gasteiger partial charge in [-0.15, -0.1) is 0 Å². The van der Waals surface area contributed by atoms with E-state index >= 15 is 0 Å². The molecule has 0 saturated carbocycles. The summed E-state index contributed by atoms with van der Waals surface area (Å²) in [6.45, 7) is 4.85. The highest BCUT2D eigenvalue weighted by Gasteiger charge is 2.36. The maximum atomic E-state index is 12.6. The summed E-state index contributed by atoms with van der Waals surface area (Å²) in [5.74, 6) is 1.11. The summed E-state index contributed by atoms with van der Waals surface area (Å²) in [6, 6.07) is 3.11. The third-order valence-corrected chi connectivity index (χ3v) is 5.90. The van der Waals surface area contributed by atoms with Crippen LogP contribution in [-0.4, -0.2) is 66.3 Å². The number of benzene rings is 1. The summed E-state index contributed by atoms with van der Waals surface area (Å²) in [4.78, 5) is 12.6. The lowest BCUT2D eigenvalue weighted by Gasteiger charge is -2.35. The second kappa shape index (κ2) is 12.6. The molecule has 2 rings (SSSR count). The van der Waals surface area contributed by atoms with Crippen LogP contribution in [0.2, 0.25) is 0 Å². The minimum atomic E-state index is -0.875. The second-order valence-electron chi connectivity index (χ2n) is 7.96. The normalized spacial score (nSPS) is 21.0. The first-order valence-electron chi connectivity index (χ1n) is 10.5. The molecule has 0 radical (unpaired) electrons. The van der Waals surface area contributed by atoms with E-state index in [-0.39, 0.29) is 31.7 Å². The first-order chi connectivity index (χ1) is 14.8. The molecule has 0 aliphatic heterocycles. The van der Waals surface area contributed by atoms with Crippen molar-refractivity contribution in [2.75, 3.05) is 26.8 Å². The summed E-state index contributed by atoms with van der Waals surface area (Å²) >= 11 is 2.09. The number of aliphatic hydroxyl groups is 3. The van der Waals surface area contributed by atoms with Crippen molar-refractivity contribution in [2.24, 2.45) is 5.92 Å². The van der Waals surface area contributed by atoms with Crippen molar-refractivity contribution in [3.05, 3.63) is 32.9 Å². The summed E-state index contributed by atoms with van der Waals surface area (Å²) in [6.07, 6.45) is 1.28. The van der Waals surface area contributed by atoms with Gasteiger partial charge in [-0.1, -0.05) is 13.8 Å². The van der Waals surface area contributed by atoms with Crippen LogP contribution in [0.5, 0.6) is 11.5 Å². The number of hydrogen-bond donors (Lipinski definition) is 5. The minimum absolute atomic E-state index is 0.129. The fourth-order valence-corrected chi connectivity index (χ4v) is 4.16. The Morgan fingerprint density at radius 1 is 1.29 bits per heavy atom. The Labute approximate surface area is 197 Å². The predicted octanol–water partition coefficient (Wildman–Crippen LogP) is 1.34. The predicted molar refractivity (Wildman–Crippen MR) is 126 cm³/mol. The molecule has 9 heteroatoms. The molecular weight excluding hydrogens is 515 g/mol. The number of amides is 1. The number of methoxy groups -OCH3 is 1. The maximum absolute atomic E-state index is 12.6. The molecule has 0 fully saturated rings. The lowest BCUT2D eigenvalue weighted by atomic mass is 9.89. The summed E-state index contributed by atoms with van der Waals surface area (Å²) in [7, 11) is 1.51. The average Bonchev–Trinajstić information content (AvgIpc) is 2.74. The van der Waals surface area contributed by atoms with Gasteiger partial charge in [-0.3, -0.25) is 4.79 Å². The third-order valence-electron chi connectivity index (χ3n) is 5.10. The SMILES string of the molecule is COc1cc(CO)cc(I)c1OC1C=C(C(=O)NCCO)CC(NCCC(C)C)C1O. The molecule has 0 heterocycles. The van der Waals surface area contributed by atoms with Crippen LogP contribution in [0.3, 0.4) is 0 Å². The van der Waals surface area contributed by atoms with E-state index < -0.39 is 12.2 Å². The zero-order valence-corrected chi connectivity index (χ0v) is 20.4. The molecule has 31 heavy (non-hydrogen) atoms. The van der Waals surface area contributed by atoms with Crippen molar-refractivity contribution in [3.63, 3.8) is 0 Å². The Bertz CT molecular complexity index is 771. The topological polar surface area (TPSA) is 120 Å². The number of hydrogen-bond acceptors (Lipinski definition) is 7. The van der Waals surface area contributed by atoms with Crippen molar-refractivity contribution in [1.29, 1.82) is 0 Å². The van der Waals surface area contributed by atoms with Crippen LogP contribution in [0.15, 0.2) is 23.8 Å². The lowest BCUT2D eigenvalue weighted by Crippen LogP contribution is -2.52. The highest BCUT2D eigenvalue weighted by molar-refractivity contribution is 14.1. The van der Waals surface area contributed by atoms with E-state index in [4.69, 9.17) is 14.6 Å². The van der Waals surface area contributed by atoms with Crippen LogP contribution < -0.4 is 20.1 Å². The molecule has 1 aliphatic rings. The Hall–Kier alpha value is -1.40. The van der Waals surface area contributed by atoms with Gasteiger partial charge in [-0.2, -0.15) is 0 Å². The van der Waals surface area contributed by atoms with Crippen LogP contribution in [0, 0.1) is 9.49 Å². The number of carbonyl (C=O) groups is 1. The van der Waals surface area contributed by atoms with Gasteiger partial charge in [0.15, 0.2) is 11.5 Å². The van der Waals surface area contributed by atoms with Gasteiger partial charge in [0.2, 0.25) is 5.91 Å². The Morgan fingerprint density at radius 2 is 2.03 bits per heavy atom. The molecule has 1 aromatic carbocycles. The van der Waals surface area contributed by atoms with Gasteiger partial charge in [-0.25, -0.2) is 0 Å². The van der Waals surface area contributed by atoms with Crippen molar-refractivity contribution in [2.45, 2.75) is 51.5 Å². The van der Waals surface area contributed by atoms with Gasteiger partial charge >= 0.3 is 0 Å². The Morgan fingerprint density at radius 3 is 2.65 bits per heavy atom. The first-order valence-corrected chi connectivity index (χ1v) is 11.5. The van der Waals surface area contributed by atoms with Gasteiger partial charge in [0.05, 0.1) is 23.9 Å². The average molecular weight is 548 g/mol. The molecule has 174 valence electrons. The highest BCUT2D eigenvalue weighted by Crippen LogP contribution is 2.36. The molecule has 8 nitrogen and oxygen atoms in total. The van der Waals surface area contributed by atoms with E-state index in [1.54, 1.807) is 18.2 Å². The number of aliphatic hydroxyl groups excluding tert-OH is 3. The molecule has 1 amide bonds. The van der Waals surface area contributed by atoms with Crippen molar-refractivity contribution >= 4 is 28.5 Å². The van der Waals surface area contributed by atoms with Crippen molar-refractivity contribution in [1.82, 2.24) is 10.6 Å². The van der Waals surface area contributed by atoms with E-state index in [1.165, 1.54) is 7.11 Å². The summed E-state index contributed by atoms with van der Waals surface area (Å²) in [5.41, 5.74) is 1.18. The maximum Gasteiger partial charge on any atom is 0.247 e. The van der Waals surface area contributed by atoms with E-state index in [9.17, 15) is 15.0 Å². The zero-order valence-electron chi connectivity index (χ0n) is 18.2. The minimum Gasteiger partial charge on any atom is -0.493 e. The smallest absolute Gasteiger partial charge is 0.247 e. The molecule has 1 aromatic rings. The zero-order chi connectivity index (χ0) is 23.0. The van der Waals surface area contributed by atoms with Gasteiger partial charge in [0.25, 0.3) is 0 Å². The largest absolute Gasteiger partial charge is 0.493 e. The number of ether oxygens (including phenoxy) is 2. The van der Waals surface area contributed by atoms with Crippen LogP contribution in [0.4, 0.5) is 0 Å². The van der Waals surface area contributed by atoms with E-state index in [0.717, 1.165) is 9.99 Å². The van der Waals surface area contributed by atoms with E-state index in [2.05, 4.69) is 47.1 Å². The molecule has 0 aromatic heterocycles. The summed E-state index contributed by atoms with van der Waals surface area (Å²) < 4.78 is 12.3. The van der Waals surface area contributed by atoms with Crippen molar-refractivity contribution in [3.8, 4) is 11.5 Å². The molecule has 5 N–H and O–H groups in total. The molecule has 3 atom stereocenters. The summed E-state index contributed by atoms with van der Waals surface area (Å²) in [5, 5.41) is 35.5. The van der Waals surface area contributed by atoms with Gasteiger partial charge in [0.1, 0.15) is 12.2 Å². The van der Waals surface area contributed by atoms with Gasteiger partial charge < -0.3 is 35.4 Å². The van der Waals surface area contributed by atoms with Crippen LogP contribution >= 0.6 is 22.6 Å². The molecule has 3 unspecified atom stereocenters. The van der Waals surface area contributed by atoms with Crippen LogP contribution in [0.25, 0.3) is 0 Å². The molecular formula is C22H33IN2O6. The fraction of sp³-hybridized carbons (Fsp3) is 0.591.